The predicted octanol–water partition coefficient (Wildman–Crippen LogP) is 1.16. The summed E-state index contributed by atoms with van der Waals surface area (Å²) < 4.78 is 0. The second-order valence-corrected chi connectivity index (χ2v) is 4.94. The molecule has 1 nitrogen and oxygen atoms in total. The molecule has 0 aromatic carbocycles. The molecule has 8 heavy (non-hydrogen) atoms. The molecule has 0 aliphatic heterocycles. The number of carbonyl (C=O) groups is 1. The van der Waals surface area contributed by atoms with Gasteiger partial charge in [0.1, 0.15) is 14.2 Å². The summed E-state index contributed by atoms with van der Waals surface area (Å²) in [5.74, 6) is 0. The summed E-state index contributed by atoms with van der Waals surface area (Å²) in [4.78, 5) is 10.7. The Morgan fingerprint density at radius 1 is 1.50 bits per heavy atom. The van der Waals surface area contributed by atoms with Crippen LogP contribution < -0.4 is 0 Å². The average Bonchev–Trinajstić information content (AvgIpc) is 1.67. The van der Waals surface area contributed by atoms with Crippen molar-refractivity contribution < 1.29 is 4.79 Å². The minimum Gasteiger partial charge on any atom is -0.301 e. The van der Waals surface area contributed by atoms with Crippen LogP contribution in [0.15, 0.2) is 12.2 Å². The van der Waals surface area contributed by atoms with E-state index >= 15 is 0 Å². The lowest BCUT2D eigenvalue weighted by Crippen LogP contribution is -2.13. The molecule has 0 spiro atoms. The molecular formula is C6H12OSi. The fourth-order valence-electron chi connectivity index (χ4n) is 0.357. The Hall–Kier alpha value is -0.373. The van der Waals surface area contributed by atoms with Crippen molar-refractivity contribution in [1.82, 2.24) is 0 Å². The van der Waals surface area contributed by atoms with E-state index in [1.165, 1.54) is 0 Å². The van der Waals surface area contributed by atoms with Gasteiger partial charge in [0.2, 0.25) is 0 Å². The number of carbonyl (C=O) groups excluding carboxylic acids is 1. The van der Waals surface area contributed by atoms with Crippen LogP contribution >= 0.6 is 0 Å². The SMILES string of the molecule is C/C=C/C(=O)[SiH](C)C. The zero-order valence-corrected chi connectivity index (χ0v) is 6.79. The van der Waals surface area contributed by atoms with E-state index in [0.717, 1.165) is 0 Å². The summed E-state index contributed by atoms with van der Waals surface area (Å²) in [5.41, 5.74) is 0. The van der Waals surface area contributed by atoms with Crippen LogP contribution in [0.1, 0.15) is 6.92 Å². The van der Waals surface area contributed by atoms with Crippen molar-refractivity contribution in [2.24, 2.45) is 0 Å². The van der Waals surface area contributed by atoms with Gasteiger partial charge in [-0.25, -0.2) is 0 Å². The molecule has 2 heteroatoms. The standard InChI is InChI=1S/C6H12OSi/c1-4-5-6(7)8(2)3/h4-5,8H,1-3H3/b5-4+. The van der Waals surface area contributed by atoms with Crippen molar-refractivity contribution in [1.29, 1.82) is 0 Å². The van der Waals surface area contributed by atoms with Gasteiger partial charge in [-0.15, -0.1) is 0 Å². The van der Waals surface area contributed by atoms with E-state index in [2.05, 4.69) is 0 Å². The molecule has 0 fully saturated rings. The Bertz CT molecular complexity index is 105. The topological polar surface area (TPSA) is 17.1 Å². The quantitative estimate of drug-likeness (QED) is 0.403. The Morgan fingerprint density at radius 2 is 2.00 bits per heavy atom. The number of allylic oxidation sites excluding steroid dienone is 2. The first-order valence-electron chi connectivity index (χ1n) is 2.85. The molecule has 0 heterocycles. The first-order valence-corrected chi connectivity index (χ1v) is 5.73. The number of hydrogen-bond acceptors (Lipinski definition) is 1. The van der Waals surface area contributed by atoms with Gasteiger partial charge >= 0.3 is 0 Å². The van der Waals surface area contributed by atoms with Gasteiger partial charge in [-0.3, -0.25) is 0 Å². The van der Waals surface area contributed by atoms with Crippen LogP contribution in [-0.2, 0) is 4.79 Å². The predicted molar refractivity (Wildman–Crippen MR) is 38.7 cm³/mol. The Morgan fingerprint density at radius 3 is 2.12 bits per heavy atom. The van der Waals surface area contributed by atoms with Crippen LogP contribution in [0, 0.1) is 0 Å². The minimum absolute atomic E-state index is 0.340. The minimum atomic E-state index is -1.01. The summed E-state index contributed by atoms with van der Waals surface area (Å²) in [5, 5.41) is 0.340. The molecule has 0 rings (SSSR count). The summed E-state index contributed by atoms with van der Waals surface area (Å²) in [6.07, 6.45) is 3.46. The van der Waals surface area contributed by atoms with Gasteiger partial charge in [-0.2, -0.15) is 0 Å². The van der Waals surface area contributed by atoms with E-state index in [-0.39, 0.29) is 0 Å². The van der Waals surface area contributed by atoms with Crippen molar-refractivity contribution in [2.45, 2.75) is 20.0 Å². The van der Waals surface area contributed by atoms with Gasteiger partial charge in [0, 0.05) is 0 Å². The monoisotopic (exact) mass is 128 g/mol. The van der Waals surface area contributed by atoms with Crippen molar-refractivity contribution in [3.8, 4) is 0 Å². The maximum absolute atomic E-state index is 10.7. The second-order valence-electron chi connectivity index (χ2n) is 2.06. The lowest BCUT2D eigenvalue weighted by molar-refractivity contribution is -0.108. The van der Waals surface area contributed by atoms with Crippen LogP contribution in [0.4, 0.5) is 0 Å². The van der Waals surface area contributed by atoms with E-state index in [1.54, 1.807) is 12.2 Å². The summed E-state index contributed by atoms with van der Waals surface area (Å²) in [6.45, 7) is 5.93. The summed E-state index contributed by atoms with van der Waals surface area (Å²) in [7, 11) is -1.01. The van der Waals surface area contributed by atoms with E-state index in [4.69, 9.17) is 0 Å². The molecule has 0 radical (unpaired) electrons. The lowest BCUT2D eigenvalue weighted by atomic mass is 10.6. The summed E-state index contributed by atoms with van der Waals surface area (Å²) in [6, 6.07) is 0. The lowest BCUT2D eigenvalue weighted by Gasteiger charge is -1.91. The molecule has 0 saturated heterocycles. The second kappa shape index (κ2) is 3.61. The third-order valence-corrected chi connectivity index (χ3v) is 2.23. The highest BCUT2D eigenvalue weighted by Crippen LogP contribution is 1.83. The van der Waals surface area contributed by atoms with Gasteiger partial charge in [0.25, 0.3) is 0 Å². The number of rotatable bonds is 2. The van der Waals surface area contributed by atoms with Crippen molar-refractivity contribution in [3.63, 3.8) is 0 Å². The van der Waals surface area contributed by atoms with Gasteiger partial charge in [-0.1, -0.05) is 19.2 Å². The zero-order valence-electron chi connectivity index (χ0n) is 5.64. The smallest absolute Gasteiger partial charge is 0.129 e. The van der Waals surface area contributed by atoms with Crippen molar-refractivity contribution in [3.05, 3.63) is 12.2 Å². The Balaban J connectivity index is 3.66. The molecule has 0 aliphatic rings. The molecule has 0 saturated carbocycles. The van der Waals surface area contributed by atoms with Crippen LogP contribution in [0.5, 0.6) is 0 Å². The maximum atomic E-state index is 10.7. The zero-order chi connectivity index (χ0) is 6.57. The highest BCUT2D eigenvalue weighted by Gasteiger charge is 2.01. The van der Waals surface area contributed by atoms with Gasteiger partial charge < -0.3 is 4.79 Å². The first-order chi connectivity index (χ1) is 3.68. The van der Waals surface area contributed by atoms with E-state index < -0.39 is 8.80 Å². The van der Waals surface area contributed by atoms with Gasteiger partial charge in [-0.05, 0) is 13.0 Å². The normalized spacial score (nSPS) is 11.0. The molecule has 0 aliphatic carbocycles. The Labute approximate surface area is 52.0 Å². The molecule has 46 valence electrons. The Kier molecular flexibility index (Phi) is 3.44. The highest BCUT2D eigenvalue weighted by atomic mass is 28.3. The van der Waals surface area contributed by atoms with Crippen LogP contribution in [0.2, 0.25) is 13.1 Å². The van der Waals surface area contributed by atoms with Gasteiger partial charge in [0.15, 0.2) is 0 Å². The molecule has 0 atom stereocenters. The van der Waals surface area contributed by atoms with Crippen LogP contribution in [0.3, 0.4) is 0 Å². The molecule has 0 unspecified atom stereocenters. The fourth-order valence-corrected chi connectivity index (χ4v) is 0.934. The van der Waals surface area contributed by atoms with Crippen molar-refractivity contribution in [2.75, 3.05) is 0 Å². The highest BCUT2D eigenvalue weighted by molar-refractivity contribution is 6.90. The fraction of sp³-hybridized carbons (Fsp3) is 0.500. The molecular weight excluding hydrogens is 116 g/mol. The largest absolute Gasteiger partial charge is 0.301 e. The maximum Gasteiger partial charge on any atom is 0.129 e. The number of hydrogen-bond donors (Lipinski definition) is 0. The van der Waals surface area contributed by atoms with Crippen LogP contribution in [0.25, 0.3) is 0 Å². The molecule has 0 N–H and O–H groups in total. The van der Waals surface area contributed by atoms with Crippen LogP contribution in [-0.4, -0.2) is 14.2 Å². The van der Waals surface area contributed by atoms with Crippen molar-refractivity contribution >= 4 is 14.2 Å². The molecule has 0 aromatic heterocycles. The van der Waals surface area contributed by atoms with E-state index in [9.17, 15) is 4.79 Å². The van der Waals surface area contributed by atoms with Gasteiger partial charge in [0.05, 0.1) is 0 Å². The third-order valence-electron chi connectivity index (χ3n) is 0.900. The average molecular weight is 128 g/mol. The van der Waals surface area contributed by atoms with E-state index in [0.29, 0.717) is 5.41 Å². The summed E-state index contributed by atoms with van der Waals surface area (Å²) >= 11 is 0. The molecule has 0 aromatic rings. The third kappa shape index (κ3) is 2.74. The van der Waals surface area contributed by atoms with E-state index in [1.807, 2.05) is 20.0 Å². The molecule has 0 bridgehead atoms. The molecule has 0 amide bonds. The first kappa shape index (κ1) is 7.63.